The zero-order valence-corrected chi connectivity index (χ0v) is 10.7. The highest BCUT2D eigenvalue weighted by Crippen LogP contribution is 2.32. The van der Waals surface area contributed by atoms with Gasteiger partial charge in [-0.05, 0) is 37.1 Å². The summed E-state index contributed by atoms with van der Waals surface area (Å²) < 4.78 is 10.5. The van der Waals surface area contributed by atoms with E-state index in [1.54, 1.807) is 14.2 Å². The quantitative estimate of drug-likeness (QED) is 0.782. The van der Waals surface area contributed by atoms with Gasteiger partial charge in [0.15, 0.2) is 0 Å². The number of hydrogen-bond acceptors (Lipinski definition) is 3. The lowest BCUT2D eigenvalue weighted by atomic mass is 10.0. The Morgan fingerprint density at radius 3 is 3.00 bits per heavy atom. The van der Waals surface area contributed by atoms with Crippen LogP contribution in [0.5, 0.6) is 5.75 Å². The predicted molar refractivity (Wildman–Crippen MR) is 68.4 cm³/mol. The molecule has 1 fully saturated rings. The van der Waals surface area contributed by atoms with Crippen LogP contribution < -0.4 is 4.74 Å². The third kappa shape index (κ3) is 2.99. The Labute approximate surface area is 103 Å². The molecule has 0 aromatic heterocycles. The van der Waals surface area contributed by atoms with E-state index in [-0.39, 0.29) is 0 Å². The minimum absolute atomic E-state index is 0.528. The smallest absolute Gasteiger partial charge is 0.119 e. The molecule has 1 heterocycles. The fourth-order valence-corrected chi connectivity index (χ4v) is 2.53. The molecule has 0 N–H and O–H groups in total. The number of rotatable bonds is 5. The third-order valence-electron chi connectivity index (χ3n) is 3.42. The molecule has 17 heavy (non-hydrogen) atoms. The molecule has 2 rings (SSSR count). The van der Waals surface area contributed by atoms with E-state index in [0.717, 1.165) is 18.9 Å². The lowest BCUT2D eigenvalue weighted by molar-refractivity contribution is 0.141. The van der Waals surface area contributed by atoms with Crippen molar-refractivity contribution in [3.63, 3.8) is 0 Å². The Morgan fingerprint density at radius 1 is 1.35 bits per heavy atom. The molecule has 0 amide bonds. The number of hydrogen-bond donors (Lipinski definition) is 0. The standard InChI is InChI=1S/C14H21NO2/c1-16-10-9-15-8-4-7-14(15)12-5-3-6-13(11-12)17-2/h3,5-6,11,14H,4,7-10H2,1-2H3. The van der Waals surface area contributed by atoms with Gasteiger partial charge in [0.2, 0.25) is 0 Å². The molecule has 1 aliphatic rings. The van der Waals surface area contributed by atoms with Gasteiger partial charge in [-0.3, -0.25) is 4.90 Å². The molecule has 1 saturated heterocycles. The maximum absolute atomic E-state index is 5.29. The summed E-state index contributed by atoms with van der Waals surface area (Å²) in [6.07, 6.45) is 2.50. The predicted octanol–water partition coefficient (Wildman–Crippen LogP) is 2.48. The van der Waals surface area contributed by atoms with E-state index < -0.39 is 0 Å². The highest BCUT2D eigenvalue weighted by Gasteiger charge is 2.25. The molecule has 1 unspecified atom stereocenters. The number of nitrogens with zero attached hydrogens (tertiary/aromatic N) is 1. The number of ether oxygens (including phenoxy) is 2. The van der Waals surface area contributed by atoms with Crippen LogP contribution >= 0.6 is 0 Å². The van der Waals surface area contributed by atoms with Crippen molar-refractivity contribution in [3.8, 4) is 5.75 Å². The SMILES string of the molecule is COCCN1CCCC1c1cccc(OC)c1. The summed E-state index contributed by atoms with van der Waals surface area (Å²) in [6.45, 7) is 2.99. The van der Waals surface area contributed by atoms with E-state index in [2.05, 4.69) is 23.1 Å². The average molecular weight is 235 g/mol. The second-order valence-corrected chi connectivity index (χ2v) is 4.46. The minimum atomic E-state index is 0.528. The van der Waals surface area contributed by atoms with Gasteiger partial charge in [0.25, 0.3) is 0 Å². The molecule has 3 heteroatoms. The molecule has 1 atom stereocenters. The summed E-state index contributed by atoms with van der Waals surface area (Å²) >= 11 is 0. The Bertz CT molecular complexity index is 354. The van der Waals surface area contributed by atoms with Crippen molar-refractivity contribution in [2.75, 3.05) is 33.9 Å². The average Bonchev–Trinajstić information content (AvgIpc) is 2.84. The Hall–Kier alpha value is -1.06. The van der Waals surface area contributed by atoms with Crippen LogP contribution in [0.3, 0.4) is 0 Å². The summed E-state index contributed by atoms with van der Waals surface area (Å²) in [4.78, 5) is 2.50. The molecule has 94 valence electrons. The first-order valence-electron chi connectivity index (χ1n) is 6.22. The van der Waals surface area contributed by atoms with Crippen molar-refractivity contribution in [2.24, 2.45) is 0 Å². The number of methoxy groups -OCH3 is 2. The molecule has 0 bridgehead atoms. The summed E-state index contributed by atoms with van der Waals surface area (Å²) in [7, 11) is 3.48. The van der Waals surface area contributed by atoms with Crippen LogP contribution in [0.4, 0.5) is 0 Å². The molecule has 0 saturated carbocycles. The minimum Gasteiger partial charge on any atom is -0.497 e. The van der Waals surface area contributed by atoms with Gasteiger partial charge in [0, 0.05) is 19.7 Å². The summed E-state index contributed by atoms with van der Waals surface area (Å²) in [5, 5.41) is 0. The zero-order chi connectivity index (χ0) is 12.1. The van der Waals surface area contributed by atoms with E-state index in [1.807, 2.05) is 6.07 Å². The topological polar surface area (TPSA) is 21.7 Å². The van der Waals surface area contributed by atoms with Crippen molar-refractivity contribution in [1.29, 1.82) is 0 Å². The van der Waals surface area contributed by atoms with E-state index in [1.165, 1.54) is 24.9 Å². The van der Waals surface area contributed by atoms with Crippen molar-refractivity contribution in [3.05, 3.63) is 29.8 Å². The fourth-order valence-electron chi connectivity index (χ4n) is 2.53. The second-order valence-electron chi connectivity index (χ2n) is 4.46. The molecule has 0 radical (unpaired) electrons. The van der Waals surface area contributed by atoms with Gasteiger partial charge in [-0.15, -0.1) is 0 Å². The van der Waals surface area contributed by atoms with Crippen LogP contribution in [0, 0.1) is 0 Å². The molecule has 0 spiro atoms. The van der Waals surface area contributed by atoms with Gasteiger partial charge in [-0.1, -0.05) is 12.1 Å². The van der Waals surface area contributed by atoms with E-state index in [4.69, 9.17) is 9.47 Å². The van der Waals surface area contributed by atoms with E-state index in [9.17, 15) is 0 Å². The summed E-state index contributed by atoms with van der Waals surface area (Å²) in [6, 6.07) is 8.94. The van der Waals surface area contributed by atoms with Gasteiger partial charge in [0.05, 0.1) is 13.7 Å². The first-order valence-corrected chi connectivity index (χ1v) is 6.22. The van der Waals surface area contributed by atoms with Gasteiger partial charge < -0.3 is 9.47 Å². The third-order valence-corrected chi connectivity index (χ3v) is 3.42. The first-order chi connectivity index (χ1) is 8.35. The molecule has 1 aromatic carbocycles. The van der Waals surface area contributed by atoms with Crippen molar-refractivity contribution >= 4 is 0 Å². The highest BCUT2D eigenvalue weighted by atomic mass is 16.5. The lowest BCUT2D eigenvalue weighted by Gasteiger charge is -2.24. The van der Waals surface area contributed by atoms with Crippen LogP contribution in [-0.4, -0.2) is 38.8 Å². The first kappa shape index (κ1) is 12.4. The van der Waals surface area contributed by atoms with Crippen LogP contribution in [0.15, 0.2) is 24.3 Å². The normalized spacial score (nSPS) is 20.7. The van der Waals surface area contributed by atoms with Crippen molar-refractivity contribution in [2.45, 2.75) is 18.9 Å². The molecule has 1 aliphatic heterocycles. The monoisotopic (exact) mass is 235 g/mol. The zero-order valence-electron chi connectivity index (χ0n) is 10.7. The Morgan fingerprint density at radius 2 is 2.24 bits per heavy atom. The van der Waals surface area contributed by atoms with Crippen LogP contribution in [0.2, 0.25) is 0 Å². The largest absolute Gasteiger partial charge is 0.497 e. The van der Waals surface area contributed by atoms with Gasteiger partial charge in [-0.2, -0.15) is 0 Å². The van der Waals surface area contributed by atoms with Gasteiger partial charge in [-0.25, -0.2) is 0 Å². The Kier molecular flexibility index (Phi) is 4.40. The van der Waals surface area contributed by atoms with Gasteiger partial charge in [0.1, 0.15) is 5.75 Å². The van der Waals surface area contributed by atoms with Crippen LogP contribution in [0.1, 0.15) is 24.4 Å². The van der Waals surface area contributed by atoms with E-state index in [0.29, 0.717) is 6.04 Å². The number of benzene rings is 1. The number of likely N-dealkylation sites (tertiary alicyclic amines) is 1. The van der Waals surface area contributed by atoms with E-state index >= 15 is 0 Å². The van der Waals surface area contributed by atoms with Crippen LogP contribution in [-0.2, 0) is 4.74 Å². The summed E-state index contributed by atoms with van der Waals surface area (Å²) in [5.74, 6) is 0.945. The highest BCUT2D eigenvalue weighted by molar-refractivity contribution is 5.31. The van der Waals surface area contributed by atoms with Gasteiger partial charge >= 0.3 is 0 Å². The molecule has 3 nitrogen and oxygen atoms in total. The maximum atomic E-state index is 5.29. The lowest BCUT2D eigenvalue weighted by Crippen LogP contribution is -2.26. The second kappa shape index (κ2) is 6.03. The van der Waals surface area contributed by atoms with Crippen molar-refractivity contribution < 1.29 is 9.47 Å². The van der Waals surface area contributed by atoms with Crippen molar-refractivity contribution in [1.82, 2.24) is 4.90 Å². The molecule has 1 aromatic rings. The maximum Gasteiger partial charge on any atom is 0.119 e. The fraction of sp³-hybridized carbons (Fsp3) is 0.571. The van der Waals surface area contributed by atoms with Crippen LogP contribution in [0.25, 0.3) is 0 Å². The summed E-state index contributed by atoms with van der Waals surface area (Å²) in [5.41, 5.74) is 1.36. The molecule has 0 aliphatic carbocycles. The molecular formula is C14H21NO2. The Balaban J connectivity index is 2.08. The molecular weight excluding hydrogens is 214 g/mol.